The Morgan fingerprint density at radius 1 is 1.10 bits per heavy atom. The first-order valence-corrected chi connectivity index (χ1v) is 15.2. The molecule has 3 N–H and O–H groups in total. The van der Waals surface area contributed by atoms with E-state index in [9.17, 15) is 14.4 Å². The minimum Gasteiger partial charge on any atom is -0.444 e. The first-order valence-electron chi connectivity index (χ1n) is 14.0. The Labute approximate surface area is 249 Å². The lowest BCUT2D eigenvalue weighted by Crippen LogP contribution is -2.55. The average Bonchev–Trinajstić information content (AvgIpc) is 3.50. The van der Waals surface area contributed by atoms with Crippen LogP contribution in [-0.4, -0.2) is 94.8 Å². The Morgan fingerprint density at radius 2 is 1.80 bits per heavy atom. The topological polar surface area (TPSA) is 142 Å². The molecule has 0 bridgehead atoms. The van der Waals surface area contributed by atoms with Crippen molar-refractivity contribution in [1.82, 2.24) is 30.5 Å². The highest BCUT2D eigenvalue weighted by molar-refractivity contribution is 7.17. The molecule has 0 aliphatic carbocycles. The highest BCUT2D eigenvalue weighted by atomic mass is 35.5. The molecule has 0 aromatic carbocycles. The predicted molar refractivity (Wildman–Crippen MR) is 157 cm³/mol. The summed E-state index contributed by atoms with van der Waals surface area (Å²) in [5.41, 5.74) is 0.850. The van der Waals surface area contributed by atoms with Crippen molar-refractivity contribution in [1.29, 1.82) is 0 Å². The summed E-state index contributed by atoms with van der Waals surface area (Å²) < 4.78 is 11.2. The summed E-state index contributed by atoms with van der Waals surface area (Å²) in [6.45, 7) is 11.5. The van der Waals surface area contributed by atoms with Gasteiger partial charge in [-0.15, -0.1) is 0 Å². The van der Waals surface area contributed by atoms with E-state index >= 15 is 0 Å². The average molecular weight is 610 g/mol. The van der Waals surface area contributed by atoms with Crippen molar-refractivity contribution >= 4 is 46.0 Å². The van der Waals surface area contributed by atoms with Gasteiger partial charge < -0.3 is 34.9 Å². The van der Waals surface area contributed by atoms with Crippen molar-refractivity contribution in [2.24, 2.45) is 0 Å². The SMILES string of the molecule is CCc1[nH]c(C(=O)NC2CCN(c3nc(C)c(C(=O)NC4CCN(C(=O)OC(C)(C)C)CC4)s3)CC2OC)nc1Cl. The molecule has 2 aromatic heterocycles. The molecule has 226 valence electrons. The Morgan fingerprint density at radius 3 is 2.41 bits per heavy atom. The van der Waals surface area contributed by atoms with Crippen LogP contribution in [0.5, 0.6) is 0 Å². The molecule has 2 atom stereocenters. The largest absolute Gasteiger partial charge is 0.444 e. The molecule has 41 heavy (non-hydrogen) atoms. The van der Waals surface area contributed by atoms with Crippen LogP contribution in [0, 0.1) is 6.92 Å². The van der Waals surface area contributed by atoms with E-state index in [4.69, 9.17) is 21.1 Å². The van der Waals surface area contributed by atoms with E-state index in [2.05, 4.69) is 30.5 Å². The van der Waals surface area contributed by atoms with Gasteiger partial charge in [-0.1, -0.05) is 29.9 Å². The molecule has 4 rings (SSSR count). The van der Waals surface area contributed by atoms with Gasteiger partial charge in [-0.05, 0) is 53.4 Å². The lowest BCUT2D eigenvalue weighted by molar-refractivity contribution is 0.0199. The Kier molecular flexibility index (Phi) is 9.81. The van der Waals surface area contributed by atoms with E-state index in [1.807, 2.05) is 34.6 Å². The van der Waals surface area contributed by atoms with E-state index in [1.165, 1.54) is 11.3 Å². The third-order valence-corrected chi connectivity index (χ3v) is 8.75. The van der Waals surface area contributed by atoms with Crippen LogP contribution in [0.2, 0.25) is 5.15 Å². The number of piperidine rings is 2. The number of amides is 3. The number of H-pyrrole nitrogens is 1. The number of aryl methyl sites for hydroxylation is 2. The molecule has 4 heterocycles. The Bertz CT molecular complexity index is 1250. The molecule has 2 saturated heterocycles. The van der Waals surface area contributed by atoms with Crippen LogP contribution >= 0.6 is 22.9 Å². The van der Waals surface area contributed by atoms with Gasteiger partial charge in [-0.3, -0.25) is 9.59 Å². The van der Waals surface area contributed by atoms with Crippen molar-refractivity contribution in [3.05, 3.63) is 27.2 Å². The number of carbonyl (C=O) groups is 3. The van der Waals surface area contributed by atoms with E-state index in [0.717, 1.165) is 10.8 Å². The molecule has 2 fully saturated rings. The van der Waals surface area contributed by atoms with Gasteiger partial charge in [-0.25, -0.2) is 14.8 Å². The first-order chi connectivity index (χ1) is 19.4. The number of aromatic amines is 1. The number of hydrogen-bond donors (Lipinski definition) is 3. The van der Waals surface area contributed by atoms with Gasteiger partial charge in [0.15, 0.2) is 16.1 Å². The molecular weight excluding hydrogens is 570 g/mol. The highest BCUT2D eigenvalue weighted by Crippen LogP contribution is 2.29. The van der Waals surface area contributed by atoms with Crippen LogP contribution in [0.4, 0.5) is 9.93 Å². The highest BCUT2D eigenvalue weighted by Gasteiger charge is 2.34. The van der Waals surface area contributed by atoms with Crippen LogP contribution in [-0.2, 0) is 15.9 Å². The maximum atomic E-state index is 13.2. The van der Waals surface area contributed by atoms with Crippen LogP contribution < -0.4 is 15.5 Å². The number of nitrogens with zero attached hydrogens (tertiary/aromatic N) is 4. The van der Waals surface area contributed by atoms with Crippen molar-refractivity contribution < 1.29 is 23.9 Å². The molecule has 3 amide bonds. The summed E-state index contributed by atoms with van der Waals surface area (Å²) in [6, 6.07) is -0.242. The smallest absolute Gasteiger partial charge is 0.410 e. The zero-order chi connectivity index (χ0) is 29.9. The second-order valence-electron chi connectivity index (χ2n) is 11.4. The minimum absolute atomic E-state index is 0.0270. The van der Waals surface area contributed by atoms with Gasteiger partial charge in [0, 0.05) is 39.3 Å². The van der Waals surface area contributed by atoms with Crippen LogP contribution in [0.1, 0.15) is 78.6 Å². The summed E-state index contributed by atoms with van der Waals surface area (Å²) in [5.74, 6) is -0.296. The van der Waals surface area contributed by atoms with Crippen molar-refractivity contribution in [3.63, 3.8) is 0 Å². The van der Waals surface area contributed by atoms with E-state index in [-0.39, 0.29) is 41.9 Å². The van der Waals surface area contributed by atoms with Crippen LogP contribution in [0.3, 0.4) is 0 Å². The molecule has 2 aliphatic heterocycles. The standard InChI is InChI=1S/C27H40ClN7O5S/c1-7-17-21(28)33-22(31-17)24(37)32-18-10-13-35(14-19(18)39-6)25-29-15(2)20(41-25)23(36)30-16-8-11-34(12-9-16)26(38)40-27(3,4)5/h16,18-19H,7-14H2,1-6H3,(H,30,36)(H,31,33)(H,32,37). The van der Waals surface area contributed by atoms with Gasteiger partial charge in [0.1, 0.15) is 10.5 Å². The molecule has 14 heteroatoms. The summed E-state index contributed by atoms with van der Waals surface area (Å²) in [4.78, 5) is 54.4. The molecule has 2 aliphatic rings. The summed E-state index contributed by atoms with van der Waals surface area (Å²) in [6.07, 6.45) is 2.01. The fourth-order valence-corrected chi connectivity index (χ4v) is 6.24. The zero-order valence-corrected chi connectivity index (χ0v) is 26.1. The quantitative estimate of drug-likeness (QED) is 0.433. The molecule has 0 saturated carbocycles. The number of ether oxygens (including phenoxy) is 2. The van der Waals surface area contributed by atoms with Gasteiger partial charge >= 0.3 is 6.09 Å². The van der Waals surface area contributed by atoms with Crippen LogP contribution in [0.25, 0.3) is 0 Å². The molecule has 2 aromatic rings. The number of halogens is 1. The van der Waals surface area contributed by atoms with Gasteiger partial charge in [-0.2, -0.15) is 0 Å². The monoisotopic (exact) mass is 609 g/mol. The number of imidazole rings is 1. The first kappa shape index (κ1) is 31.0. The number of hydrogen-bond acceptors (Lipinski definition) is 9. The second-order valence-corrected chi connectivity index (χ2v) is 12.8. The van der Waals surface area contributed by atoms with Gasteiger partial charge in [0.05, 0.1) is 23.5 Å². The number of methoxy groups -OCH3 is 1. The predicted octanol–water partition coefficient (Wildman–Crippen LogP) is 3.54. The fraction of sp³-hybridized carbons (Fsp3) is 0.667. The molecule has 12 nitrogen and oxygen atoms in total. The van der Waals surface area contributed by atoms with Crippen molar-refractivity contribution in [3.8, 4) is 0 Å². The third-order valence-electron chi connectivity index (χ3n) is 7.22. The number of aromatic nitrogens is 3. The molecule has 0 radical (unpaired) electrons. The minimum atomic E-state index is -0.538. The normalized spacial score (nSPS) is 20.2. The van der Waals surface area contributed by atoms with Gasteiger partial charge in [0.25, 0.3) is 11.8 Å². The summed E-state index contributed by atoms with van der Waals surface area (Å²) >= 11 is 7.45. The number of rotatable bonds is 7. The lowest BCUT2D eigenvalue weighted by Gasteiger charge is -2.37. The maximum absolute atomic E-state index is 13.2. The number of thiazole rings is 1. The maximum Gasteiger partial charge on any atom is 0.410 e. The molecule has 0 spiro atoms. The van der Waals surface area contributed by atoms with E-state index < -0.39 is 5.60 Å². The number of nitrogens with one attached hydrogen (secondary N) is 3. The number of carbonyl (C=O) groups excluding carboxylic acids is 3. The lowest BCUT2D eigenvalue weighted by atomic mass is 10.0. The molecular formula is C27H40ClN7O5S. The fourth-order valence-electron chi connectivity index (χ4n) is 4.97. The summed E-state index contributed by atoms with van der Waals surface area (Å²) in [7, 11) is 1.62. The summed E-state index contributed by atoms with van der Waals surface area (Å²) in [5, 5.41) is 7.18. The zero-order valence-electron chi connectivity index (χ0n) is 24.5. The van der Waals surface area contributed by atoms with Crippen molar-refractivity contribution in [2.75, 3.05) is 38.2 Å². The van der Waals surface area contributed by atoms with Gasteiger partial charge in [0.2, 0.25) is 0 Å². The number of anilines is 1. The van der Waals surface area contributed by atoms with E-state index in [1.54, 1.807) is 12.0 Å². The third kappa shape index (κ3) is 7.69. The second kappa shape index (κ2) is 13.0. The number of likely N-dealkylation sites (tertiary alicyclic amines) is 1. The van der Waals surface area contributed by atoms with E-state index in [0.29, 0.717) is 67.6 Å². The Hall–Kier alpha value is -2.90. The van der Waals surface area contributed by atoms with Crippen LogP contribution in [0.15, 0.2) is 0 Å². The molecule has 2 unspecified atom stereocenters. The van der Waals surface area contributed by atoms with Crippen molar-refractivity contribution in [2.45, 2.75) is 84.1 Å². The Balaban J connectivity index is 1.31.